The van der Waals surface area contributed by atoms with Gasteiger partial charge in [0.1, 0.15) is 19.3 Å². The molecule has 102 heavy (non-hydrogen) atoms. The van der Waals surface area contributed by atoms with E-state index in [1.807, 2.05) is 0 Å². The Morgan fingerprint density at radius 2 is 0.539 bits per heavy atom. The number of rotatable bonds is 74. The number of hydrogen-bond acceptors (Lipinski definition) is 15. The van der Waals surface area contributed by atoms with Crippen molar-refractivity contribution in [2.75, 3.05) is 39.6 Å². The van der Waals surface area contributed by atoms with E-state index in [0.717, 1.165) is 212 Å². The maximum atomic E-state index is 13.1. The lowest BCUT2D eigenvalue weighted by Gasteiger charge is -2.21. The zero-order valence-electron chi connectivity index (χ0n) is 64.0. The highest BCUT2D eigenvalue weighted by Crippen LogP contribution is 2.45. The fraction of sp³-hybridized carbons (Fsp3) is 0.711. The molecule has 0 saturated heterocycles. The van der Waals surface area contributed by atoms with Crippen molar-refractivity contribution in [3.05, 3.63) is 122 Å². The van der Waals surface area contributed by atoms with E-state index in [0.29, 0.717) is 25.7 Å². The molecule has 0 aliphatic carbocycles. The molecule has 0 aliphatic rings. The molecule has 0 rings (SSSR count). The molecule has 0 aromatic heterocycles. The van der Waals surface area contributed by atoms with Gasteiger partial charge in [0.15, 0.2) is 12.2 Å². The van der Waals surface area contributed by atoms with Crippen LogP contribution in [0.25, 0.3) is 0 Å². The summed E-state index contributed by atoms with van der Waals surface area (Å²) in [6.45, 7) is 4.59. The molecule has 586 valence electrons. The van der Waals surface area contributed by atoms with Crippen LogP contribution in [0.3, 0.4) is 0 Å². The number of carbonyl (C=O) groups excluding carboxylic acids is 4. The van der Waals surface area contributed by atoms with E-state index in [1.54, 1.807) is 0 Å². The van der Waals surface area contributed by atoms with Gasteiger partial charge in [-0.1, -0.05) is 271 Å². The van der Waals surface area contributed by atoms with Gasteiger partial charge in [0.2, 0.25) is 0 Å². The number of allylic oxidation sites excluding steroid dienone is 20. The van der Waals surface area contributed by atoms with Gasteiger partial charge in [0.05, 0.1) is 26.4 Å². The van der Waals surface area contributed by atoms with E-state index >= 15 is 0 Å². The summed E-state index contributed by atoms with van der Waals surface area (Å²) in [5, 5.41) is 10.6. The van der Waals surface area contributed by atoms with E-state index in [1.165, 1.54) is 32.1 Å². The predicted octanol–water partition coefficient (Wildman–Crippen LogP) is 23.1. The third-order valence-corrected chi connectivity index (χ3v) is 18.3. The molecule has 0 fully saturated rings. The summed E-state index contributed by atoms with van der Waals surface area (Å²) >= 11 is 0. The second kappa shape index (κ2) is 74.7. The molecule has 19 heteroatoms. The van der Waals surface area contributed by atoms with Gasteiger partial charge in [-0.25, -0.2) is 9.13 Å². The Morgan fingerprint density at radius 3 is 0.863 bits per heavy atom. The molecule has 0 saturated carbocycles. The van der Waals surface area contributed by atoms with Crippen molar-refractivity contribution in [2.45, 2.75) is 341 Å². The maximum Gasteiger partial charge on any atom is 0.472 e. The molecule has 5 atom stereocenters. The van der Waals surface area contributed by atoms with Gasteiger partial charge in [-0.2, -0.15) is 0 Å². The zero-order valence-corrected chi connectivity index (χ0v) is 65.8. The number of ether oxygens (including phenoxy) is 4. The van der Waals surface area contributed by atoms with Gasteiger partial charge < -0.3 is 33.8 Å². The Labute approximate surface area is 619 Å². The number of carbonyl (C=O) groups is 4. The summed E-state index contributed by atoms with van der Waals surface area (Å²) in [4.78, 5) is 72.9. The monoisotopic (exact) mass is 1470 g/mol. The summed E-state index contributed by atoms with van der Waals surface area (Å²) in [5.74, 6) is -2.22. The first-order valence-corrected chi connectivity index (χ1v) is 42.8. The largest absolute Gasteiger partial charge is 0.472 e. The summed E-state index contributed by atoms with van der Waals surface area (Å²) in [5.41, 5.74) is 0. The Hall–Kier alpha value is -4.54. The molecule has 5 unspecified atom stereocenters. The van der Waals surface area contributed by atoms with E-state index < -0.39 is 97.5 Å². The second-order valence-corrected chi connectivity index (χ2v) is 29.2. The maximum absolute atomic E-state index is 13.1. The second-order valence-electron chi connectivity index (χ2n) is 26.3. The minimum atomic E-state index is -4.98. The highest BCUT2D eigenvalue weighted by molar-refractivity contribution is 7.47. The highest BCUT2D eigenvalue weighted by Gasteiger charge is 2.30. The first-order chi connectivity index (χ1) is 49.7. The number of esters is 4. The molecular weight excluding hydrogens is 1330 g/mol. The third kappa shape index (κ3) is 73.8. The Morgan fingerprint density at radius 1 is 0.284 bits per heavy atom. The van der Waals surface area contributed by atoms with Crippen LogP contribution in [0.5, 0.6) is 0 Å². The Kier molecular flexibility index (Phi) is 71.4. The summed E-state index contributed by atoms with van der Waals surface area (Å²) < 4.78 is 68.5. The van der Waals surface area contributed by atoms with Gasteiger partial charge in [0.25, 0.3) is 0 Å². The summed E-state index contributed by atoms with van der Waals surface area (Å²) in [6, 6.07) is 0. The van der Waals surface area contributed by atoms with Crippen LogP contribution in [-0.2, 0) is 65.4 Å². The lowest BCUT2D eigenvalue weighted by molar-refractivity contribution is -0.161. The molecule has 17 nitrogen and oxygen atoms in total. The fourth-order valence-electron chi connectivity index (χ4n) is 10.3. The molecule has 0 amide bonds. The van der Waals surface area contributed by atoms with Crippen LogP contribution in [0.2, 0.25) is 0 Å². The van der Waals surface area contributed by atoms with Gasteiger partial charge in [-0.05, 0) is 148 Å². The number of aliphatic hydroxyl groups excluding tert-OH is 1. The molecule has 0 heterocycles. The van der Waals surface area contributed by atoms with Crippen LogP contribution < -0.4 is 0 Å². The van der Waals surface area contributed by atoms with Crippen LogP contribution in [0, 0.1) is 0 Å². The van der Waals surface area contributed by atoms with Crippen LogP contribution in [-0.4, -0.2) is 96.7 Å². The van der Waals surface area contributed by atoms with E-state index in [9.17, 15) is 43.2 Å². The molecule has 0 bridgehead atoms. The van der Waals surface area contributed by atoms with Gasteiger partial charge in [-0.15, -0.1) is 0 Å². The lowest BCUT2D eigenvalue weighted by atomic mass is 10.1. The van der Waals surface area contributed by atoms with Crippen molar-refractivity contribution in [3.8, 4) is 0 Å². The van der Waals surface area contributed by atoms with Crippen molar-refractivity contribution >= 4 is 39.5 Å². The van der Waals surface area contributed by atoms with E-state index in [4.69, 9.17) is 37.0 Å². The number of aliphatic hydroxyl groups is 1. The van der Waals surface area contributed by atoms with E-state index in [2.05, 4.69) is 149 Å². The van der Waals surface area contributed by atoms with Crippen LogP contribution >= 0.6 is 15.6 Å². The van der Waals surface area contributed by atoms with Gasteiger partial charge in [0, 0.05) is 25.7 Å². The van der Waals surface area contributed by atoms with Crippen molar-refractivity contribution in [1.82, 2.24) is 0 Å². The summed E-state index contributed by atoms with van der Waals surface area (Å²) in [7, 11) is -9.97. The smallest absolute Gasteiger partial charge is 0.462 e. The first kappa shape index (κ1) is 97.5. The normalized spacial score (nSPS) is 14.5. The van der Waals surface area contributed by atoms with Crippen LogP contribution in [0.15, 0.2) is 122 Å². The predicted molar refractivity (Wildman–Crippen MR) is 418 cm³/mol. The lowest BCUT2D eigenvalue weighted by Crippen LogP contribution is -2.30. The molecule has 0 spiro atoms. The van der Waals surface area contributed by atoms with Crippen molar-refractivity contribution in [2.24, 2.45) is 0 Å². The number of hydrogen-bond donors (Lipinski definition) is 3. The average molecular weight is 1470 g/mol. The molecule has 3 N–H and O–H groups in total. The molecule has 0 aromatic rings. The fourth-order valence-corrected chi connectivity index (χ4v) is 11.9. The SMILES string of the molecule is CC/C=C\C/C=C\C/C=C\C/C=C\CCCCCCCCC(=O)OCC(COP(=O)(O)OCC(O)COP(=O)(O)OCC(COC(=O)CCCCCCCC/C=C\C/C=C\C/C=C\CCCCC)OC(=O)CCCCCCC/C=C\C/C=C\CCC)OC(=O)CCCCCCC/C=C\CCCC. The Balaban J connectivity index is 5.32. The van der Waals surface area contributed by atoms with Gasteiger partial charge >= 0.3 is 39.5 Å². The van der Waals surface area contributed by atoms with Crippen molar-refractivity contribution in [1.29, 1.82) is 0 Å². The minimum Gasteiger partial charge on any atom is -0.462 e. The molecule has 0 aliphatic heterocycles. The van der Waals surface area contributed by atoms with Crippen molar-refractivity contribution < 1.29 is 80.2 Å². The van der Waals surface area contributed by atoms with Crippen LogP contribution in [0.1, 0.15) is 323 Å². The van der Waals surface area contributed by atoms with Gasteiger partial charge in [-0.3, -0.25) is 37.3 Å². The zero-order chi connectivity index (χ0) is 74.6. The molecule has 0 aromatic carbocycles. The molecular formula is C83H142O17P2. The third-order valence-electron chi connectivity index (χ3n) is 16.4. The average Bonchev–Trinajstić information content (AvgIpc) is 0.928. The minimum absolute atomic E-state index is 0.0739. The van der Waals surface area contributed by atoms with E-state index in [-0.39, 0.29) is 25.7 Å². The standard InChI is InChI=1S/C83H142O17P2/c1-5-9-13-17-21-25-29-32-34-36-38-40-42-45-48-51-55-59-63-67-80(85)93-73-78(99-82(87)69-65-61-57-53-47-28-24-20-16-12-8-4)75-97-101(89,90)95-71-77(84)72-96-102(91,92)98-76-79(100-83(88)70-66-62-58-54-50-44-31-27-23-19-15-11-7-3)74-94-81(86)68-64-60-56-52-49-46-43-41-39-37-35-33-30-26-22-18-14-10-6-2/h9,13,15,19-22,24-27,31-35,38-41,77-79,84H,5-8,10-12,14,16-18,23,28-30,36-37,42-76H2,1-4H3,(H,89,90)(H,91,92)/b13-9-,19-15-,24-20-,25-21-,26-22-,31-27-,34-32-,35-33-,40-38-,41-39-. The topological polar surface area (TPSA) is 237 Å². The quantitative estimate of drug-likeness (QED) is 0.0169. The number of unbranched alkanes of at least 4 members (excludes halogenated alkanes) is 28. The highest BCUT2D eigenvalue weighted by atomic mass is 31.2. The number of phosphoric ester groups is 2. The first-order valence-electron chi connectivity index (χ1n) is 39.8. The summed E-state index contributed by atoms with van der Waals surface area (Å²) in [6.07, 6.45) is 81.8. The molecule has 0 radical (unpaired) electrons. The van der Waals surface area contributed by atoms with Crippen molar-refractivity contribution in [3.63, 3.8) is 0 Å². The number of phosphoric acid groups is 2. The Bertz CT molecular complexity index is 2410. The van der Waals surface area contributed by atoms with Crippen LogP contribution in [0.4, 0.5) is 0 Å².